The second-order valence-corrected chi connectivity index (χ2v) is 5.15. The summed E-state index contributed by atoms with van der Waals surface area (Å²) in [6.45, 7) is 3.83. The highest BCUT2D eigenvalue weighted by Crippen LogP contribution is 2.33. The quantitative estimate of drug-likeness (QED) is 0.930. The molecule has 22 heavy (non-hydrogen) atoms. The van der Waals surface area contributed by atoms with Crippen molar-refractivity contribution in [3.05, 3.63) is 30.1 Å². The highest BCUT2D eigenvalue weighted by Gasteiger charge is 2.32. The lowest BCUT2D eigenvalue weighted by Crippen LogP contribution is -2.36. The number of carbonyl (C=O) groups is 1. The molecule has 2 heterocycles. The molecule has 122 valence electrons. The van der Waals surface area contributed by atoms with E-state index < -0.39 is 0 Å². The third-order valence-electron chi connectivity index (χ3n) is 4.05. The summed E-state index contributed by atoms with van der Waals surface area (Å²) in [7, 11) is 0. The molecule has 1 saturated heterocycles. The maximum Gasteiger partial charge on any atom is 0.236 e. The van der Waals surface area contributed by atoms with Gasteiger partial charge in [0.1, 0.15) is 5.82 Å². The molecule has 0 bridgehead atoms. The van der Waals surface area contributed by atoms with Crippen molar-refractivity contribution in [2.24, 2.45) is 5.73 Å². The van der Waals surface area contributed by atoms with Crippen LogP contribution in [0.4, 0.5) is 0 Å². The number of aromatic nitrogens is 2. The van der Waals surface area contributed by atoms with E-state index in [0.29, 0.717) is 0 Å². The number of rotatable bonds is 3. The number of nitrogens with two attached hydrogens (primary N) is 1. The SMILES string of the molecule is CCn1c(C2CCCN2C(=O)CN)nc2ccccc21.Cl.Cl. The fourth-order valence-electron chi connectivity index (χ4n) is 3.13. The van der Waals surface area contributed by atoms with Crippen LogP contribution in [0.25, 0.3) is 11.0 Å². The smallest absolute Gasteiger partial charge is 0.236 e. The second-order valence-electron chi connectivity index (χ2n) is 5.15. The number of imidazole rings is 1. The van der Waals surface area contributed by atoms with Crippen LogP contribution in [0.1, 0.15) is 31.6 Å². The number of hydrogen-bond donors (Lipinski definition) is 1. The average Bonchev–Trinajstić information content (AvgIpc) is 3.09. The summed E-state index contributed by atoms with van der Waals surface area (Å²) in [4.78, 5) is 18.6. The molecule has 1 atom stereocenters. The number of para-hydroxylation sites is 2. The predicted molar refractivity (Wildman–Crippen MR) is 92.6 cm³/mol. The van der Waals surface area contributed by atoms with E-state index in [1.54, 1.807) is 0 Å². The maximum absolute atomic E-state index is 12.0. The van der Waals surface area contributed by atoms with Crippen molar-refractivity contribution >= 4 is 41.8 Å². The lowest BCUT2D eigenvalue weighted by Gasteiger charge is -2.24. The fraction of sp³-hybridized carbons (Fsp3) is 0.467. The predicted octanol–water partition coefficient (Wildman–Crippen LogP) is 2.52. The first kappa shape index (κ1) is 18.7. The molecule has 2 aromatic rings. The first-order valence-corrected chi connectivity index (χ1v) is 7.21. The number of hydrogen-bond acceptors (Lipinski definition) is 3. The number of nitrogens with zero attached hydrogens (tertiary/aromatic N) is 3. The van der Waals surface area contributed by atoms with Crippen LogP contribution in [0.5, 0.6) is 0 Å². The Labute approximate surface area is 142 Å². The topological polar surface area (TPSA) is 64.2 Å². The summed E-state index contributed by atoms with van der Waals surface area (Å²) in [5.41, 5.74) is 7.65. The minimum atomic E-state index is 0. The van der Waals surface area contributed by atoms with Crippen LogP contribution < -0.4 is 5.73 Å². The van der Waals surface area contributed by atoms with Gasteiger partial charge < -0.3 is 15.2 Å². The lowest BCUT2D eigenvalue weighted by molar-refractivity contribution is -0.130. The normalized spacial score (nSPS) is 17.2. The highest BCUT2D eigenvalue weighted by molar-refractivity contribution is 5.85. The van der Waals surface area contributed by atoms with Gasteiger partial charge in [-0.15, -0.1) is 24.8 Å². The number of amides is 1. The minimum absolute atomic E-state index is 0. The summed E-state index contributed by atoms with van der Waals surface area (Å²) in [5, 5.41) is 0. The van der Waals surface area contributed by atoms with Gasteiger partial charge in [-0.25, -0.2) is 4.98 Å². The van der Waals surface area contributed by atoms with Gasteiger partial charge in [-0.1, -0.05) is 12.1 Å². The molecular formula is C15H22Cl2N4O. The molecule has 0 radical (unpaired) electrons. The molecule has 1 aliphatic heterocycles. The zero-order valence-corrected chi connectivity index (χ0v) is 14.2. The van der Waals surface area contributed by atoms with Crippen LogP contribution in [0.15, 0.2) is 24.3 Å². The van der Waals surface area contributed by atoms with Crippen LogP contribution in [0.3, 0.4) is 0 Å². The molecule has 3 rings (SSSR count). The van der Waals surface area contributed by atoms with Gasteiger partial charge in [0.15, 0.2) is 0 Å². The van der Waals surface area contributed by atoms with E-state index in [9.17, 15) is 4.79 Å². The Bertz CT molecular complexity index is 644. The number of carbonyl (C=O) groups excluding carboxylic acids is 1. The molecule has 1 aromatic heterocycles. The van der Waals surface area contributed by atoms with Gasteiger partial charge in [0.25, 0.3) is 0 Å². The van der Waals surface area contributed by atoms with Gasteiger partial charge in [0, 0.05) is 13.1 Å². The first-order chi connectivity index (χ1) is 9.76. The number of likely N-dealkylation sites (tertiary alicyclic amines) is 1. The Morgan fingerprint density at radius 1 is 1.36 bits per heavy atom. The van der Waals surface area contributed by atoms with Crippen molar-refractivity contribution in [3.8, 4) is 0 Å². The molecule has 1 fully saturated rings. The third kappa shape index (κ3) is 3.07. The van der Waals surface area contributed by atoms with Crippen LogP contribution in [-0.2, 0) is 11.3 Å². The Hall–Kier alpha value is -1.30. The van der Waals surface area contributed by atoms with E-state index in [1.807, 2.05) is 23.1 Å². The van der Waals surface area contributed by atoms with E-state index in [1.165, 1.54) is 0 Å². The molecule has 7 heteroatoms. The molecule has 2 N–H and O–H groups in total. The van der Waals surface area contributed by atoms with Crippen LogP contribution in [0, 0.1) is 0 Å². The monoisotopic (exact) mass is 344 g/mol. The van der Waals surface area contributed by atoms with Gasteiger partial charge in [0.2, 0.25) is 5.91 Å². The van der Waals surface area contributed by atoms with E-state index >= 15 is 0 Å². The summed E-state index contributed by atoms with van der Waals surface area (Å²) >= 11 is 0. The van der Waals surface area contributed by atoms with E-state index in [2.05, 4.69) is 17.6 Å². The van der Waals surface area contributed by atoms with Crippen molar-refractivity contribution in [2.45, 2.75) is 32.4 Å². The molecule has 0 aliphatic carbocycles. The number of benzene rings is 1. The summed E-state index contributed by atoms with van der Waals surface area (Å²) in [6.07, 6.45) is 1.98. The van der Waals surface area contributed by atoms with E-state index in [-0.39, 0.29) is 43.3 Å². The molecule has 0 saturated carbocycles. The molecule has 1 amide bonds. The molecule has 1 aromatic carbocycles. The second kappa shape index (κ2) is 7.81. The average molecular weight is 345 g/mol. The van der Waals surface area contributed by atoms with Crippen molar-refractivity contribution in [2.75, 3.05) is 13.1 Å². The van der Waals surface area contributed by atoms with Crippen molar-refractivity contribution < 1.29 is 4.79 Å². The van der Waals surface area contributed by atoms with Crippen molar-refractivity contribution in [1.82, 2.24) is 14.5 Å². The number of fused-ring (bicyclic) bond motifs is 1. The standard InChI is InChI=1S/C15H20N4O.2ClH/c1-2-18-12-7-4-3-6-11(12)17-15(18)13-8-5-9-19(13)14(20)10-16;;/h3-4,6-7,13H,2,5,8-10,16H2,1H3;2*1H. The molecule has 1 unspecified atom stereocenters. The number of halogens is 2. The largest absolute Gasteiger partial charge is 0.331 e. The Morgan fingerprint density at radius 3 is 2.77 bits per heavy atom. The van der Waals surface area contributed by atoms with Crippen LogP contribution >= 0.6 is 24.8 Å². The lowest BCUT2D eigenvalue weighted by atomic mass is 10.2. The minimum Gasteiger partial charge on any atom is -0.331 e. The van der Waals surface area contributed by atoms with Crippen molar-refractivity contribution in [1.29, 1.82) is 0 Å². The van der Waals surface area contributed by atoms with Gasteiger partial charge >= 0.3 is 0 Å². The Balaban J connectivity index is 0.00000121. The third-order valence-corrected chi connectivity index (χ3v) is 4.05. The molecule has 1 aliphatic rings. The zero-order valence-electron chi connectivity index (χ0n) is 12.6. The molecular weight excluding hydrogens is 323 g/mol. The van der Waals surface area contributed by atoms with Gasteiger partial charge in [-0.05, 0) is 31.9 Å². The van der Waals surface area contributed by atoms with Gasteiger partial charge in [-0.3, -0.25) is 4.79 Å². The van der Waals surface area contributed by atoms with Gasteiger partial charge in [-0.2, -0.15) is 0 Å². The molecule has 0 spiro atoms. The first-order valence-electron chi connectivity index (χ1n) is 7.21. The highest BCUT2D eigenvalue weighted by atomic mass is 35.5. The summed E-state index contributed by atoms with van der Waals surface area (Å²) in [6, 6.07) is 8.20. The van der Waals surface area contributed by atoms with E-state index in [0.717, 1.165) is 42.8 Å². The Kier molecular flexibility index (Phi) is 6.66. The van der Waals surface area contributed by atoms with Gasteiger partial charge in [0.05, 0.1) is 23.6 Å². The summed E-state index contributed by atoms with van der Waals surface area (Å²) in [5.74, 6) is 1.01. The van der Waals surface area contributed by atoms with Crippen molar-refractivity contribution in [3.63, 3.8) is 0 Å². The zero-order chi connectivity index (χ0) is 14.1. The Morgan fingerprint density at radius 2 is 2.09 bits per heavy atom. The van der Waals surface area contributed by atoms with Crippen LogP contribution in [0.2, 0.25) is 0 Å². The number of aryl methyl sites for hydroxylation is 1. The summed E-state index contributed by atoms with van der Waals surface area (Å²) < 4.78 is 2.21. The maximum atomic E-state index is 12.0. The fourth-order valence-corrected chi connectivity index (χ4v) is 3.13. The molecule has 5 nitrogen and oxygen atoms in total. The van der Waals surface area contributed by atoms with Crippen LogP contribution in [-0.4, -0.2) is 33.4 Å². The van der Waals surface area contributed by atoms with E-state index in [4.69, 9.17) is 10.7 Å².